The standard InChI is InChI=1S/C16H21NO3/c1-2-3-4-9-17-15(18)16(7-8-16)12-5-6-13-14(10-12)20-11-19-13/h5-6,10H,2-4,7-9,11H2,1H3,(H,17,18). The average Bonchev–Trinajstić information content (AvgIpc) is 3.15. The lowest BCUT2D eigenvalue weighted by molar-refractivity contribution is -0.123. The van der Waals surface area contributed by atoms with Crippen molar-refractivity contribution in [2.24, 2.45) is 0 Å². The van der Waals surface area contributed by atoms with Gasteiger partial charge < -0.3 is 14.8 Å². The molecule has 108 valence electrons. The molecule has 1 aromatic carbocycles. The lowest BCUT2D eigenvalue weighted by atomic mass is 9.94. The van der Waals surface area contributed by atoms with Gasteiger partial charge in [0.1, 0.15) is 0 Å². The van der Waals surface area contributed by atoms with Gasteiger partial charge in [-0.15, -0.1) is 0 Å². The van der Waals surface area contributed by atoms with E-state index in [1.54, 1.807) is 0 Å². The molecule has 1 fully saturated rings. The van der Waals surface area contributed by atoms with Crippen molar-refractivity contribution in [3.63, 3.8) is 0 Å². The normalized spacial score (nSPS) is 17.9. The van der Waals surface area contributed by atoms with Crippen LogP contribution in [0.5, 0.6) is 11.5 Å². The lowest BCUT2D eigenvalue weighted by Gasteiger charge is -2.16. The first-order valence-electron chi connectivity index (χ1n) is 7.45. The van der Waals surface area contributed by atoms with Crippen molar-refractivity contribution in [1.29, 1.82) is 0 Å². The van der Waals surface area contributed by atoms with E-state index in [-0.39, 0.29) is 18.1 Å². The van der Waals surface area contributed by atoms with Crippen molar-refractivity contribution < 1.29 is 14.3 Å². The molecule has 4 heteroatoms. The smallest absolute Gasteiger partial charge is 0.231 e. The van der Waals surface area contributed by atoms with Crippen LogP contribution in [0, 0.1) is 0 Å². The van der Waals surface area contributed by atoms with E-state index in [2.05, 4.69) is 12.2 Å². The van der Waals surface area contributed by atoms with Gasteiger partial charge in [-0.05, 0) is 37.0 Å². The molecule has 4 nitrogen and oxygen atoms in total. The monoisotopic (exact) mass is 275 g/mol. The first-order valence-corrected chi connectivity index (χ1v) is 7.45. The number of carbonyl (C=O) groups excluding carboxylic acids is 1. The fraction of sp³-hybridized carbons (Fsp3) is 0.562. The van der Waals surface area contributed by atoms with Crippen molar-refractivity contribution in [2.75, 3.05) is 13.3 Å². The van der Waals surface area contributed by atoms with Crippen molar-refractivity contribution in [1.82, 2.24) is 5.32 Å². The van der Waals surface area contributed by atoms with Crippen LogP contribution < -0.4 is 14.8 Å². The number of ether oxygens (including phenoxy) is 2. The molecule has 0 aromatic heterocycles. The molecule has 0 bridgehead atoms. The summed E-state index contributed by atoms with van der Waals surface area (Å²) in [4.78, 5) is 12.4. The third-order valence-electron chi connectivity index (χ3n) is 4.18. The van der Waals surface area contributed by atoms with Crippen LogP contribution in [-0.4, -0.2) is 19.2 Å². The van der Waals surface area contributed by atoms with Gasteiger partial charge in [-0.1, -0.05) is 25.8 Å². The molecule has 1 heterocycles. The number of hydrogen-bond donors (Lipinski definition) is 1. The zero-order valence-electron chi connectivity index (χ0n) is 11.9. The summed E-state index contributed by atoms with van der Waals surface area (Å²) in [6.45, 7) is 3.21. The van der Waals surface area contributed by atoms with E-state index in [9.17, 15) is 4.79 Å². The van der Waals surface area contributed by atoms with Crippen LogP contribution in [0.1, 0.15) is 44.6 Å². The molecule has 20 heavy (non-hydrogen) atoms. The van der Waals surface area contributed by atoms with Crippen molar-refractivity contribution in [3.05, 3.63) is 23.8 Å². The minimum atomic E-state index is -0.326. The minimum absolute atomic E-state index is 0.160. The quantitative estimate of drug-likeness (QED) is 0.812. The Morgan fingerprint density at radius 3 is 2.80 bits per heavy atom. The number of fused-ring (bicyclic) bond motifs is 1. The highest BCUT2D eigenvalue weighted by Crippen LogP contribution is 2.50. The maximum atomic E-state index is 12.4. The van der Waals surface area contributed by atoms with E-state index < -0.39 is 0 Å². The van der Waals surface area contributed by atoms with Crippen LogP contribution in [0.2, 0.25) is 0 Å². The molecule has 0 radical (unpaired) electrons. The molecule has 0 atom stereocenters. The first kappa shape index (κ1) is 13.3. The molecule has 0 unspecified atom stereocenters. The third-order valence-corrected chi connectivity index (χ3v) is 4.18. The van der Waals surface area contributed by atoms with Gasteiger partial charge in [0.15, 0.2) is 11.5 Å². The van der Waals surface area contributed by atoms with E-state index in [4.69, 9.17) is 9.47 Å². The van der Waals surface area contributed by atoms with Crippen LogP contribution in [0.25, 0.3) is 0 Å². The highest BCUT2D eigenvalue weighted by atomic mass is 16.7. The molecule has 3 rings (SSSR count). The second-order valence-electron chi connectivity index (χ2n) is 5.61. The molecule has 1 amide bonds. The summed E-state index contributed by atoms with van der Waals surface area (Å²) < 4.78 is 10.7. The summed E-state index contributed by atoms with van der Waals surface area (Å²) >= 11 is 0. The second-order valence-corrected chi connectivity index (χ2v) is 5.61. The van der Waals surface area contributed by atoms with Gasteiger partial charge in [-0.25, -0.2) is 0 Å². The van der Waals surface area contributed by atoms with Crippen molar-refractivity contribution in [3.8, 4) is 11.5 Å². The Balaban J connectivity index is 1.67. The van der Waals surface area contributed by atoms with Crippen LogP contribution in [-0.2, 0) is 10.2 Å². The topological polar surface area (TPSA) is 47.6 Å². The Hall–Kier alpha value is -1.71. The van der Waals surface area contributed by atoms with Crippen LogP contribution >= 0.6 is 0 Å². The van der Waals surface area contributed by atoms with E-state index >= 15 is 0 Å². The second kappa shape index (κ2) is 5.35. The summed E-state index contributed by atoms with van der Waals surface area (Å²) in [5, 5.41) is 3.08. The van der Waals surface area contributed by atoms with Gasteiger partial charge in [0.2, 0.25) is 12.7 Å². The van der Waals surface area contributed by atoms with Gasteiger partial charge in [0, 0.05) is 6.54 Å². The number of unbranched alkanes of at least 4 members (excludes halogenated alkanes) is 2. The fourth-order valence-corrected chi connectivity index (χ4v) is 2.71. The number of benzene rings is 1. The van der Waals surface area contributed by atoms with Crippen LogP contribution in [0.15, 0.2) is 18.2 Å². The molecule has 1 aliphatic heterocycles. The molecule has 2 aliphatic rings. The van der Waals surface area contributed by atoms with Gasteiger partial charge in [-0.2, -0.15) is 0 Å². The highest BCUT2D eigenvalue weighted by molar-refractivity contribution is 5.91. The van der Waals surface area contributed by atoms with Crippen LogP contribution in [0.4, 0.5) is 0 Å². The summed E-state index contributed by atoms with van der Waals surface area (Å²) in [5.74, 6) is 1.69. The average molecular weight is 275 g/mol. The molecule has 1 saturated carbocycles. The van der Waals surface area contributed by atoms with E-state index in [0.29, 0.717) is 0 Å². The van der Waals surface area contributed by atoms with Crippen molar-refractivity contribution in [2.45, 2.75) is 44.4 Å². The lowest BCUT2D eigenvalue weighted by Crippen LogP contribution is -2.35. The summed E-state index contributed by atoms with van der Waals surface area (Å²) in [6, 6.07) is 5.86. The Bertz CT molecular complexity index is 508. The zero-order valence-corrected chi connectivity index (χ0v) is 11.9. The fourth-order valence-electron chi connectivity index (χ4n) is 2.71. The molecule has 1 aliphatic carbocycles. The number of hydrogen-bond acceptors (Lipinski definition) is 3. The number of amides is 1. The SMILES string of the molecule is CCCCCNC(=O)C1(c2ccc3c(c2)OCO3)CC1. The van der Waals surface area contributed by atoms with E-state index in [0.717, 1.165) is 49.3 Å². The Morgan fingerprint density at radius 1 is 1.25 bits per heavy atom. The molecular weight excluding hydrogens is 254 g/mol. The molecule has 1 aromatic rings. The molecular formula is C16H21NO3. The summed E-state index contributed by atoms with van der Waals surface area (Å²) in [5.41, 5.74) is 0.724. The van der Waals surface area contributed by atoms with Gasteiger partial charge in [0.25, 0.3) is 0 Å². The number of carbonyl (C=O) groups is 1. The van der Waals surface area contributed by atoms with E-state index in [1.807, 2.05) is 18.2 Å². The van der Waals surface area contributed by atoms with E-state index in [1.165, 1.54) is 6.42 Å². The van der Waals surface area contributed by atoms with Gasteiger partial charge >= 0.3 is 0 Å². The molecule has 1 N–H and O–H groups in total. The van der Waals surface area contributed by atoms with Crippen LogP contribution in [0.3, 0.4) is 0 Å². The third kappa shape index (κ3) is 2.35. The first-order chi connectivity index (χ1) is 9.76. The molecule has 0 saturated heterocycles. The maximum absolute atomic E-state index is 12.4. The summed E-state index contributed by atoms with van der Waals surface area (Å²) in [6.07, 6.45) is 5.23. The largest absolute Gasteiger partial charge is 0.454 e. The Kier molecular flexibility index (Phi) is 3.55. The minimum Gasteiger partial charge on any atom is -0.454 e. The zero-order chi connectivity index (χ0) is 14.0. The van der Waals surface area contributed by atoms with Crippen molar-refractivity contribution >= 4 is 5.91 Å². The highest BCUT2D eigenvalue weighted by Gasteiger charge is 2.51. The van der Waals surface area contributed by atoms with Gasteiger partial charge in [-0.3, -0.25) is 4.79 Å². The van der Waals surface area contributed by atoms with Gasteiger partial charge in [0.05, 0.1) is 5.41 Å². The Labute approximate surface area is 119 Å². The molecule has 0 spiro atoms. The number of rotatable bonds is 6. The predicted octanol–water partition coefficient (Wildman–Crippen LogP) is 2.75. The Morgan fingerprint density at radius 2 is 2.05 bits per heavy atom. The summed E-state index contributed by atoms with van der Waals surface area (Å²) in [7, 11) is 0. The maximum Gasteiger partial charge on any atom is 0.231 e. The number of nitrogens with one attached hydrogen (secondary N) is 1. The predicted molar refractivity (Wildman–Crippen MR) is 76.0 cm³/mol.